The van der Waals surface area contributed by atoms with Gasteiger partial charge in [-0.05, 0) is 41.4 Å². The van der Waals surface area contributed by atoms with Gasteiger partial charge in [0.05, 0.1) is 16.7 Å². The van der Waals surface area contributed by atoms with Crippen LogP contribution in [-0.4, -0.2) is 18.0 Å². The van der Waals surface area contributed by atoms with Gasteiger partial charge >= 0.3 is 7.12 Å². The fourth-order valence-corrected chi connectivity index (χ4v) is 2.43. The molecule has 0 unspecified atom stereocenters. The molecule has 21 heavy (non-hydrogen) atoms. The molecule has 3 rings (SSSR count). The predicted molar refractivity (Wildman–Crippen MR) is 83.3 cm³/mol. The van der Waals surface area contributed by atoms with Crippen molar-refractivity contribution in [2.75, 3.05) is 5.32 Å². The van der Waals surface area contributed by atoms with Crippen LogP contribution < -0.4 is 10.8 Å². The van der Waals surface area contributed by atoms with Crippen molar-refractivity contribution in [1.29, 1.82) is 0 Å². The highest BCUT2D eigenvalue weighted by Crippen LogP contribution is 2.23. The Bertz CT molecular complexity index is 723. The van der Waals surface area contributed by atoms with Gasteiger partial charge in [0.15, 0.2) is 0 Å². The van der Waals surface area contributed by atoms with Crippen LogP contribution in [0.5, 0.6) is 0 Å². The molecule has 2 N–H and O–H groups in total. The molecule has 0 fully saturated rings. The highest BCUT2D eigenvalue weighted by Gasteiger charge is 2.27. The zero-order valence-corrected chi connectivity index (χ0v) is 12.3. The first kappa shape index (κ1) is 14.4. The summed E-state index contributed by atoms with van der Waals surface area (Å²) >= 11 is 11.7. The van der Waals surface area contributed by atoms with Crippen molar-refractivity contribution in [3.63, 3.8) is 0 Å². The molecule has 2 aromatic rings. The molecule has 0 spiro atoms. The van der Waals surface area contributed by atoms with Gasteiger partial charge in [-0.2, -0.15) is 0 Å². The Kier molecular flexibility index (Phi) is 3.91. The molecule has 2 aromatic carbocycles. The molecule has 4 nitrogen and oxygen atoms in total. The van der Waals surface area contributed by atoms with E-state index in [4.69, 9.17) is 27.9 Å². The third kappa shape index (κ3) is 2.92. The third-order valence-electron chi connectivity index (χ3n) is 3.25. The zero-order valence-electron chi connectivity index (χ0n) is 10.8. The van der Waals surface area contributed by atoms with Crippen LogP contribution in [0.15, 0.2) is 36.4 Å². The van der Waals surface area contributed by atoms with E-state index in [-0.39, 0.29) is 5.91 Å². The molecule has 0 bridgehead atoms. The number of rotatable bonds is 2. The summed E-state index contributed by atoms with van der Waals surface area (Å²) in [6.07, 6.45) is 0. The van der Waals surface area contributed by atoms with Gasteiger partial charge in [0.25, 0.3) is 5.91 Å². The SMILES string of the molecule is O=C(Nc1ccc2c(c1)B(O)OC2)c1ccc(Cl)c(Cl)c1. The number of carbonyl (C=O) groups is 1. The molecular formula is C14H10BCl2NO3. The fourth-order valence-electron chi connectivity index (χ4n) is 2.13. The van der Waals surface area contributed by atoms with Crippen LogP contribution in [0.3, 0.4) is 0 Å². The lowest BCUT2D eigenvalue weighted by Crippen LogP contribution is -2.28. The van der Waals surface area contributed by atoms with E-state index in [1.807, 2.05) is 6.07 Å². The molecule has 7 heteroatoms. The highest BCUT2D eigenvalue weighted by atomic mass is 35.5. The van der Waals surface area contributed by atoms with Crippen LogP contribution in [0.2, 0.25) is 10.0 Å². The van der Waals surface area contributed by atoms with Gasteiger partial charge in [-0.3, -0.25) is 4.79 Å². The number of hydrogen-bond acceptors (Lipinski definition) is 3. The topological polar surface area (TPSA) is 58.6 Å². The minimum absolute atomic E-state index is 0.304. The van der Waals surface area contributed by atoms with Crippen LogP contribution in [-0.2, 0) is 11.3 Å². The second-order valence-corrected chi connectivity index (χ2v) is 5.47. The van der Waals surface area contributed by atoms with Gasteiger partial charge < -0.3 is 15.0 Å². The summed E-state index contributed by atoms with van der Waals surface area (Å²) in [6, 6.07) is 9.94. The largest absolute Gasteiger partial charge is 0.491 e. The van der Waals surface area contributed by atoms with E-state index >= 15 is 0 Å². The monoisotopic (exact) mass is 321 g/mol. The van der Waals surface area contributed by atoms with Crippen molar-refractivity contribution in [1.82, 2.24) is 0 Å². The number of fused-ring (bicyclic) bond motifs is 1. The Labute approximate surface area is 131 Å². The highest BCUT2D eigenvalue weighted by molar-refractivity contribution is 6.61. The van der Waals surface area contributed by atoms with Gasteiger partial charge in [-0.1, -0.05) is 29.3 Å². The number of carbonyl (C=O) groups excluding carboxylic acids is 1. The normalized spacial score (nSPS) is 13.2. The van der Waals surface area contributed by atoms with Gasteiger partial charge in [0, 0.05) is 11.3 Å². The maximum Gasteiger partial charge on any atom is 0.491 e. The molecule has 1 amide bonds. The molecule has 0 atom stereocenters. The molecule has 0 saturated carbocycles. The second kappa shape index (κ2) is 5.69. The van der Waals surface area contributed by atoms with Crippen molar-refractivity contribution in [2.45, 2.75) is 6.61 Å². The third-order valence-corrected chi connectivity index (χ3v) is 3.99. The van der Waals surface area contributed by atoms with Crippen molar-refractivity contribution in [3.8, 4) is 0 Å². The molecule has 0 aromatic heterocycles. The summed E-state index contributed by atoms with van der Waals surface area (Å²) in [6.45, 7) is 0.373. The van der Waals surface area contributed by atoms with Crippen molar-refractivity contribution >= 4 is 47.4 Å². The maximum absolute atomic E-state index is 12.2. The lowest BCUT2D eigenvalue weighted by molar-refractivity contribution is 0.102. The molecule has 0 radical (unpaired) electrons. The van der Waals surface area contributed by atoms with Crippen molar-refractivity contribution in [3.05, 3.63) is 57.6 Å². The Balaban J connectivity index is 1.82. The van der Waals surface area contributed by atoms with Crippen molar-refractivity contribution in [2.24, 2.45) is 0 Å². The summed E-state index contributed by atoms with van der Waals surface area (Å²) in [5.41, 5.74) is 2.56. The van der Waals surface area contributed by atoms with Crippen LogP contribution in [0.1, 0.15) is 15.9 Å². The van der Waals surface area contributed by atoms with Crippen molar-refractivity contribution < 1.29 is 14.5 Å². The number of benzene rings is 2. The van der Waals surface area contributed by atoms with Gasteiger partial charge in [0.1, 0.15) is 0 Å². The second-order valence-electron chi connectivity index (χ2n) is 4.66. The number of nitrogens with one attached hydrogen (secondary N) is 1. The summed E-state index contributed by atoms with van der Waals surface area (Å²) in [5.74, 6) is -0.304. The van der Waals surface area contributed by atoms with Crippen LogP contribution in [0.4, 0.5) is 5.69 Å². The van der Waals surface area contributed by atoms with E-state index in [1.54, 1.807) is 24.3 Å². The Hall–Kier alpha value is -1.53. The Morgan fingerprint density at radius 3 is 2.76 bits per heavy atom. The molecule has 1 heterocycles. The minimum atomic E-state index is -0.943. The lowest BCUT2D eigenvalue weighted by atomic mass is 9.79. The van der Waals surface area contributed by atoms with Crippen LogP contribution in [0.25, 0.3) is 0 Å². The van der Waals surface area contributed by atoms with Crippen LogP contribution in [0, 0.1) is 0 Å². The molecule has 0 aliphatic carbocycles. The fraction of sp³-hybridized carbons (Fsp3) is 0.0714. The minimum Gasteiger partial charge on any atom is -0.423 e. The van der Waals surface area contributed by atoms with Gasteiger partial charge in [-0.15, -0.1) is 0 Å². The van der Waals surface area contributed by atoms with E-state index in [2.05, 4.69) is 5.32 Å². The van der Waals surface area contributed by atoms with E-state index in [1.165, 1.54) is 6.07 Å². The molecular weight excluding hydrogens is 312 g/mol. The van der Waals surface area contributed by atoms with E-state index < -0.39 is 7.12 Å². The summed E-state index contributed by atoms with van der Waals surface area (Å²) in [4.78, 5) is 12.2. The predicted octanol–water partition coefficient (Wildman–Crippen LogP) is 2.46. The average molecular weight is 322 g/mol. The summed E-state index contributed by atoms with van der Waals surface area (Å²) in [7, 11) is -0.943. The molecule has 106 valence electrons. The van der Waals surface area contributed by atoms with Crippen LogP contribution >= 0.6 is 23.2 Å². The number of anilines is 1. The Morgan fingerprint density at radius 2 is 2.00 bits per heavy atom. The van der Waals surface area contributed by atoms with E-state index in [0.29, 0.717) is 33.4 Å². The quantitative estimate of drug-likeness (QED) is 0.835. The summed E-state index contributed by atoms with van der Waals surface area (Å²) < 4.78 is 5.11. The number of hydrogen-bond donors (Lipinski definition) is 2. The smallest absolute Gasteiger partial charge is 0.423 e. The average Bonchev–Trinajstić information content (AvgIpc) is 2.83. The first-order valence-corrected chi connectivity index (χ1v) is 6.99. The van der Waals surface area contributed by atoms with E-state index in [0.717, 1.165) is 5.56 Å². The first-order valence-electron chi connectivity index (χ1n) is 6.23. The zero-order chi connectivity index (χ0) is 15.0. The number of halogens is 2. The van der Waals surface area contributed by atoms with Gasteiger partial charge in [-0.25, -0.2) is 0 Å². The molecule has 1 aliphatic rings. The number of amides is 1. The van der Waals surface area contributed by atoms with E-state index in [9.17, 15) is 9.82 Å². The molecule has 0 saturated heterocycles. The first-order chi connectivity index (χ1) is 10.0. The molecule has 1 aliphatic heterocycles. The summed E-state index contributed by atoms with van der Waals surface area (Å²) in [5, 5.41) is 13.1. The van der Waals surface area contributed by atoms with Gasteiger partial charge in [0.2, 0.25) is 0 Å². The maximum atomic E-state index is 12.2. The Morgan fingerprint density at radius 1 is 1.19 bits per heavy atom. The lowest BCUT2D eigenvalue weighted by Gasteiger charge is -2.08. The standard InChI is InChI=1S/C14H10BCl2NO3/c16-12-4-2-8(5-13(12)17)14(19)18-10-3-1-9-7-21-15(20)11(9)6-10/h1-6,20H,7H2,(H,18,19).